The van der Waals surface area contributed by atoms with Crippen molar-refractivity contribution in [1.29, 1.82) is 0 Å². The zero-order chi connectivity index (χ0) is 18.6. The zero-order valence-corrected chi connectivity index (χ0v) is 15.5. The lowest BCUT2D eigenvalue weighted by Gasteiger charge is -2.29. The van der Waals surface area contributed by atoms with E-state index < -0.39 is 15.8 Å². The van der Waals surface area contributed by atoms with Crippen molar-refractivity contribution in [2.45, 2.75) is 30.4 Å². The second-order valence-electron chi connectivity index (χ2n) is 6.54. The number of ether oxygens (including phenoxy) is 1. The third-order valence-electron chi connectivity index (χ3n) is 4.48. The molecular formula is C19H23FN2O3S. The molecule has 1 N–H and O–H groups in total. The molecule has 26 heavy (non-hydrogen) atoms. The van der Waals surface area contributed by atoms with Gasteiger partial charge in [0.15, 0.2) is 0 Å². The molecule has 7 heteroatoms. The first-order valence-electron chi connectivity index (χ1n) is 8.62. The van der Waals surface area contributed by atoms with Gasteiger partial charge in [-0.25, -0.2) is 17.5 Å². The highest BCUT2D eigenvalue weighted by Gasteiger charge is 2.18. The Morgan fingerprint density at radius 1 is 1.08 bits per heavy atom. The third-order valence-corrected chi connectivity index (χ3v) is 5.90. The van der Waals surface area contributed by atoms with E-state index in [4.69, 9.17) is 4.74 Å². The summed E-state index contributed by atoms with van der Waals surface area (Å²) in [5, 5.41) is 0. The van der Waals surface area contributed by atoms with Crippen LogP contribution < -0.4 is 9.46 Å². The van der Waals surface area contributed by atoms with Gasteiger partial charge < -0.3 is 9.64 Å². The van der Waals surface area contributed by atoms with E-state index in [-0.39, 0.29) is 17.5 Å². The molecule has 0 unspecified atom stereocenters. The van der Waals surface area contributed by atoms with Gasteiger partial charge in [-0.05, 0) is 61.9 Å². The molecule has 5 nitrogen and oxygen atoms in total. The highest BCUT2D eigenvalue weighted by molar-refractivity contribution is 7.89. The van der Waals surface area contributed by atoms with Gasteiger partial charge in [0.25, 0.3) is 0 Å². The molecule has 0 aliphatic carbocycles. The van der Waals surface area contributed by atoms with Gasteiger partial charge in [0.2, 0.25) is 10.0 Å². The maximum atomic E-state index is 12.9. The largest absolute Gasteiger partial charge is 0.490 e. The molecule has 0 saturated carbocycles. The molecule has 1 heterocycles. The maximum absolute atomic E-state index is 12.9. The Morgan fingerprint density at radius 2 is 1.69 bits per heavy atom. The summed E-state index contributed by atoms with van der Waals surface area (Å²) in [6, 6.07) is 12.2. The van der Waals surface area contributed by atoms with Crippen LogP contribution in [0.2, 0.25) is 0 Å². The van der Waals surface area contributed by atoms with Gasteiger partial charge in [-0.15, -0.1) is 0 Å². The lowest BCUT2D eigenvalue weighted by atomic mass is 10.1. The van der Waals surface area contributed by atoms with E-state index in [1.54, 1.807) is 0 Å². The van der Waals surface area contributed by atoms with Crippen molar-refractivity contribution in [2.75, 3.05) is 20.1 Å². The highest BCUT2D eigenvalue weighted by Crippen LogP contribution is 2.19. The third kappa shape index (κ3) is 5.03. The van der Waals surface area contributed by atoms with Gasteiger partial charge in [0.05, 0.1) is 4.90 Å². The van der Waals surface area contributed by atoms with Crippen molar-refractivity contribution in [1.82, 2.24) is 9.62 Å². The number of piperidine rings is 1. The number of halogens is 1. The fourth-order valence-electron chi connectivity index (χ4n) is 2.86. The topological polar surface area (TPSA) is 58.6 Å². The molecule has 2 aromatic carbocycles. The van der Waals surface area contributed by atoms with Gasteiger partial charge >= 0.3 is 0 Å². The number of benzene rings is 2. The molecule has 0 aromatic heterocycles. The van der Waals surface area contributed by atoms with E-state index in [1.165, 1.54) is 12.1 Å². The fourth-order valence-corrected chi connectivity index (χ4v) is 3.87. The van der Waals surface area contributed by atoms with Gasteiger partial charge in [-0.1, -0.05) is 12.1 Å². The first kappa shape index (κ1) is 18.8. The summed E-state index contributed by atoms with van der Waals surface area (Å²) in [6.07, 6.45) is 2.25. The van der Waals surface area contributed by atoms with Gasteiger partial charge in [0.1, 0.15) is 17.7 Å². The number of hydrogen-bond acceptors (Lipinski definition) is 4. The van der Waals surface area contributed by atoms with Crippen LogP contribution in [0.15, 0.2) is 53.4 Å². The van der Waals surface area contributed by atoms with Crippen LogP contribution in [0.5, 0.6) is 5.75 Å². The van der Waals surface area contributed by atoms with Crippen LogP contribution >= 0.6 is 0 Å². The van der Waals surface area contributed by atoms with Crippen molar-refractivity contribution in [3.63, 3.8) is 0 Å². The summed E-state index contributed by atoms with van der Waals surface area (Å²) in [4.78, 5) is 2.33. The van der Waals surface area contributed by atoms with Gasteiger partial charge in [0, 0.05) is 19.6 Å². The minimum atomic E-state index is -3.67. The molecule has 1 aliphatic rings. The van der Waals surface area contributed by atoms with Crippen molar-refractivity contribution < 1.29 is 17.5 Å². The minimum absolute atomic E-state index is 0.0427. The Morgan fingerprint density at radius 3 is 2.31 bits per heavy atom. The molecule has 3 rings (SSSR count). The average Bonchev–Trinajstić information content (AvgIpc) is 2.63. The molecule has 1 fully saturated rings. The minimum Gasteiger partial charge on any atom is -0.490 e. The zero-order valence-electron chi connectivity index (χ0n) is 14.7. The molecule has 0 spiro atoms. The second-order valence-corrected chi connectivity index (χ2v) is 8.31. The molecular weight excluding hydrogens is 355 g/mol. The van der Waals surface area contributed by atoms with Crippen LogP contribution in [0.3, 0.4) is 0 Å². The first-order chi connectivity index (χ1) is 12.4. The van der Waals surface area contributed by atoms with E-state index in [0.29, 0.717) is 0 Å². The predicted octanol–water partition coefficient (Wildman–Crippen LogP) is 2.78. The van der Waals surface area contributed by atoms with Crippen molar-refractivity contribution in [3.05, 3.63) is 59.9 Å². The van der Waals surface area contributed by atoms with Crippen LogP contribution in [0, 0.1) is 5.82 Å². The molecule has 0 amide bonds. The van der Waals surface area contributed by atoms with Crippen LogP contribution in [0.25, 0.3) is 0 Å². The fraction of sp³-hybridized carbons (Fsp3) is 0.368. The Balaban J connectivity index is 1.55. The van der Waals surface area contributed by atoms with E-state index in [2.05, 4.69) is 16.7 Å². The lowest BCUT2D eigenvalue weighted by molar-refractivity contribution is 0.114. The Hall–Kier alpha value is -1.96. The predicted molar refractivity (Wildman–Crippen MR) is 98.0 cm³/mol. The quantitative estimate of drug-likeness (QED) is 0.840. The van der Waals surface area contributed by atoms with E-state index in [1.807, 2.05) is 24.3 Å². The highest BCUT2D eigenvalue weighted by atomic mass is 32.2. The molecule has 1 saturated heterocycles. The summed E-state index contributed by atoms with van der Waals surface area (Å²) < 4.78 is 45.8. The Labute approximate surface area is 153 Å². The van der Waals surface area contributed by atoms with E-state index >= 15 is 0 Å². The van der Waals surface area contributed by atoms with Gasteiger partial charge in [-0.2, -0.15) is 0 Å². The van der Waals surface area contributed by atoms with Crippen molar-refractivity contribution >= 4 is 10.0 Å². The smallest absolute Gasteiger partial charge is 0.240 e. The number of rotatable bonds is 6. The molecule has 0 radical (unpaired) electrons. The Bertz CT molecular complexity index is 815. The number of nitrogens with zero attached hydrogens (tertiary/aromatic N) is 1. The first-order valence-corrected chi connectivity index (χ1v) is 10.1. The van der Waals surface area contributed by atoms with Crippen LogP contribution in [-0.2, 0) is 16.6 Å². The van der Waals surface area contributed by atoms with Crippen molar-refractivity contribution in [2.24, 2.45) is 0 Å². The van der Waals surface area contributed by atoms with E-state index in [0.717, 1.165) is 49.4 Å². The van der Waals surface area contributed by atoms with Crippen molar-refractivity contribution in [3.8, 4) is 5.75 Å². The number of sulfonamides is 1. The second kappa shape index (κ2) is 8.16. The summed E-state index contributed by atoms with van der Waals surface area (Å²) in [5.41, 5.74) is 0.825. The monoisotopic (exact) mass is 378 g/mol. The molecule has 1 aliphatic heterocycles. The molecule has 2 aromatic rings. The number of likely N-dealkylation sites (tertiary alicyclic amines) is 1. The SMILES string of the molecule is CN1CCC(Oc2ccc(CNS(=O)(=O)c3ccc(F)cc3)cc2)CC1. The van der Waals surface area contributed by atoms with Crippen LogP contribution in [0.4, 0.5) is 4.39 Å². The normalized spacial score (nSPS) is 16.5. The maximum Gasteiger partial charge on any atom is 0.240 e. The van der Waals surface area contributed by atoms with Crippen LogP contribution in [-0.4, -0.2) is 39.6 Å². The molecule has 0 atom stereocenters. The summed E-state index contributed by atoms with van der Waals surface area (Å²) in [7, 11) is -1.56. The standard InChI is InChI=1S/C19H23FN2O3S/c1-22-12-10-18(11-13-22)25-17-6-2-15(3-7-17)14-21-26(23,24)19-8-4-16(20)5-9-19/h2-9,18,21H,10-14H2,1H3. The summed E-state index contributed by atoms with van der Waals surface area (Å²) >= 11 is 0. The lowest BCUT2D eigenvalue weighted by Crippen LogP contribution is -2.35. The number of nitrogens with one attached hydrogen (secondary N) is 1. The van der Waals surface area contributed by atoms with Crippen LogP contribution in [0.1, 0.15) is 18.4 Å². The van der Waals surface area contributed by atoms with E-state index in [9.17, 15) is 12.8 Å². The molecule has 0 bridgehead atoms. The average molecular weight is 378 g/mol. The van der Waals surface area contributed by atoms with Gasteiger partial charge in [-0.3, -0.25) is 0 Å². The summed E-state index contributed by atoms with van der Waals surface area (Å²) in [5.74, 6) is 0.328. The number of hydrogen-bond donors (Lipinski definition) is 1. The summed E-state index contributed by atoms with van der Waals surface area (Å²) in [6.45, 7) is 2.23. The molecule has 140 valence electrons. The Kier molecular flexibility index (Phi) is 5.90.